The van der Waals surface area contributed by atoms with Gasteiger partial charge in [0.25, 0.3) is 11.8 Å². The number of nitrogens with zero attached hydrogens (tertiary/aromatic N) is 2. The molecule has 23 heavy (non-hydrogen) atoms. The Morgan fingerprint density at radius 3 is 2.04 bits per heavy atom. The van der Waals surface area contributed by atoms with Crippen LogP contribution in [0, 0.1) is 0 Å². The monoisotopic (exact) mass is 312 g/mol. The van der Waals surface area contributed by atoms with Crippen molar-refractivity contribution >= 4 is 17.7 Å². The van der Waals surface area contributed by atoms with Crippen LogP contribution in [0.4, 0.5) is 0 Å². The Kier molecular flexibility index (Phi) is 5.46. The predicted octanol–water partition coefficient (Wildman–Crippen LogP) is 2.26. The van der Waals surface area contributed by atoms with Crippen molar-refractivity contribution in [2.45, 2.75) is 12.8 Å². The van der Waals surface area contributed by atoms with Gasteiger partial charge in [-0.2, -0.15) is 0 Å². The van der Waals surface area contributed by atoms with Gasteiger partial charge < -0.3 is 4.90 Å². The minimum atomic E-state index is -0.285. The highest BCUT2D eigenvalue weighted by atomic mass is 16.2. The molecule has 1 aromatic carbocycles. The van der Waals surface area contributed by atoms with E-state index in [0.717, 1.165) is 0 Å². The molecule has 5 nitrogen and oxygen atoms in total. The topological polar surface area (TPSA) is 57.7 Å². The second kappa shape index (κ2) is 7.54. The Labute approximate surface area is 135 Å². The van der Waals surface area contributed by atoms with Gasteiger partial charge in [-0.3, -0.25) is 19.3 Å². The van der Waals surface area contributed by atoms with Crippen LogP contribution in [0.25, 0.3) is 0 Å². The van der Waals surface area contributed by atoms with Gasteiger partial charge in [0.1, 0.15) is 0 Å². The summed E-state index contributed by atoms with van der Waals surface area (Å²) < 4.78 is 0. The average Bonchev–Trinajstić information content (AvgIpc) is 2.80. The number of carbonyl (C=O) groups excluding carboxylic acids is 3. The first-order chi connectivity index (χ1) is 11.1. The summed E-state index contributed by atoms with van der Waals surface area (Å²) in [6.45, 7) is 8.41. The van der Waals surface area contributed by atoms with Gasteiger partial charge in [-0.05, 0) is 18.6 Å². The summed E-state index contributed by atoms with van der Waals surface area (Å²) in [5.74, 6) is -0.611. The molecule has 1 heterocycles. The van der Waals surface area contributed by atoms with Crippen molar-refractivity contribution in [1.82, 2.24) is 9.80 Å². The molecule has 2 rings (SSSR count). The SMILES string of the molecule is C=CCN(CC=C)C(=O)CCCN1C(=O)c2ccccc2C1=O. The minimum absolute atomic E-state index is 0.0404. The quantitative estimate of drug-likeness (QED) is 0.546. The van der Waals surface area contributed by atoms with Crippen molar-refractivity contribution < 1.29 is 14.4 Å². The molecule has 0 N–H and O–H groups in total. The van der Waals surface area contributed by atoms with E-state index in [1.54, 1.807) is 41.3 Å². The molecule has 3 amide bonds. The van der Waals surface area contributed by atoms with E-state index in [-0.39, 0.29) is 30.7 Å². The molecule has 0 unspecified atom stereocenters. The number of fused-ring (bicyclic) bond motifs is 1. The second-order valence-corrected chi connectivity index (χ2v) is 5.29. The number of imide groups is 1. The van der Waals surface area contributed by atoms with E-state index >= 15 is 0 Å². The Balaban J connectivity index is 1.91. The Morgan fingerprint density at radius 1 is 1.04 bits per heavy atom. The van der Waals surface area contributed by atoms with Crippen molar-refractivity contribution in [3.05, 3.63) is 60.7 Å². The summed E-state index contributed by atoms with van der Waals surface area (Å²) in [4.78, 5) is 39.4. The van der Waals surface area contributed by atoms with Gasteiger partial charge in [-0.1, -0.05) is 24.3 Å². The van der Waals surface area contributed by atoms with Crippen LogP contribution in [0.2, 0.25) is 0 Å². The van der Waals surface area contributed by atoms with Gasteiger partial charge in [0.2, 0.25) is 5.91 Å². The van der Waals surface area contributed by atoms with Crippen LogP contribution < -0.4 is 0 Å². The lowest BCUT2D eigenvalue weighted by Crippen LogP contribution is -2.34. The minimum Gasteiger partial charge on any atom is -0.335 e. The van der Waals surface area contributed by atoms with Crippen LogP contribution >= 0.6 is 0 Å². The van der Waals surface area contributed by atoms with Gasteiger partial charge in [0.15, 0.2) is 0 Å². The number of hydrogen-bond acceptors (Lipinski definition) is 3. The zero-order chi connectivity index (χ0) is 16.8. The molecule has 0 spiro atoms. The van der Waals surface area contributed by atoms with E-state index in [4.69, 9.17) is 0 Å². The molecular formula is C18H20N2O3. The van der Waals surface area contributed by atoms with E-state index in [9.17, 15) is 14.4 Å². The summed E-state index contributed by atoms with van der Waals surface area (Å²) in [6.07, 6.45) is 4.03. The van der Waals surface area contributed by atoms with Gasteiger partial charge in [0, 0.05) is 26.1 Å². The van der Waals surface area contributed by atoms with E-state index in [0.29, 0.717) is 30.6 Å². The second-order valence-electron chi connectivity index (χ2n) is 5.29. The Bertz CT molecular complexity index is 606. The van der Waals surface area contributed by atoms with Crippen molar-refractivity contribution in [3.8, 4) is 0 Å². The maximum atomic E-state index is 12.2. The molecule has 0 radical (unpaired) electrons. The van der Waals surface area contributed by atoms with Gasteiger partial charge >= 0.3 is 0 Å². The maximum Gasteiger partial charge on any atom is 0.261 e. The molecule has 0 atom stereocenters. The molecule has 0 bridgehead atoms. The van der Waals surface area contributed by atoms with E-state index in [1.807, 2.05) is 0 Å². The highest BCUT2D eigenvalue weighted by Crippen LogP contribution is 2.22. The Hall–Kier alpha value is -2.69. The maximum absolute atomic E-state index is 12.2. The smallest absolute Gasteiger partial charge is 0.261 e. The van der Waals surface area contributed by atoms with Crippen LogP contribution in [-0.4, -0.2) is 47.2 Å². The fourth-order valence-corrected chi connectivity index (χ4v) is 2.58. The molecule has 1 aromatic rings. The average molecular weight is 312 g/mol. The summed E-state index contributed by atoms with van der Waals surface area (Å²) in [5.41, 5.74) is 0.868. The molecule has 1 aliphatic rings. The van der Waals surface area contributed by atoms with E-state index in [1.165, 1.54) is 4.90 Å². The van der Waals surface area contributed by atoms with Crippen molar-refractivity contribution in [2.75, 3.05) is 19.6 Å². The molecule has 0 saturated heterocycles. The molecule has 120 valence electrons. The highest BCUT2D eigenvalue weighted by molar-refractivity contribution is 6.21. The van der Waals surface area contributed by atoms with Crippen LogP contribution in [0.1, 0.15) is 33.6 Å². The normalized spacial score (nSPS) is 13.0. The molecular weight excluding hydrogens is 292 g/mol. The largest absolute Gasteiger partial charge is 0.335 e. The number of benzene rings is 1. The first kappa shape index (κ1) is 16.7. The van der Waals surface area contributed by atoms with Crippen LogP contribution in [-0.2, 0) is 4.79 Å². The lowest BCUT2D eigenvalue weighted by atomic mass is 10.1. The fraction of sp³-hybridized carbons (Fsp3) is 0.278. The van der Waals surface area contributed by atoms with Gasteiger partial charge in [-0.25, -0.2) is 0 Å². The van der Waals surface area contributed by atoms with Crippen molar-refractivity contribution in [2.24, 2.45) is 0 Å². The fourth-order valence-electron chi connectivity index (χ4n) is 2.58. The van der Waals surface area contributed by atoms with E-state index in [2.05, 4.69) is 13.2 Å². The molecule has 0 saturated carbocycles. The van der Waals surface area contributed by atoms with Crippen LogP contribution in [0.3, 0.4) is 0 Å². The third-order valence-electron chi connectivity index (χ3n) is 3.70. The molecule has 1 aliphatic heterocycles. The number of carbonyl (C=O) groups is 3. The third-order valence-corrected chi connectivity index (χ3v) is 3.70. The summed E-state index contributed by atoms with van der Waals surface area (Å²) in [7, 11) is 0. The van der Waals surface area contributed by atoms with Crippen LogP contribution in [0.15, 0.2) is 49.6 Å². The van der Waals surface area contributed by atoms with Gasteiger partial charge in [0.05, 0.1) is 11.1 Å². The Morgan fingerprint density at radius 2 is 1.57 bits per heavy atom. The molecule has 0 aromatic heterocycles. The molecule has 0 aliphatic carbocycles. The third kappa shape index (κ3) is 3.56. The zero-order valence-electron chi connectivity index (χ0n) is 13.0. The standard InChI is InChI=1S/C18H20N2O3/c1-3-11-19(12-4-2)16(21)10-7-13-20-17(22)14-8-5-6-9-15(14)18(20)23/h3-6,8-9H,1-2,7,10-13H2. The van der Waals surface area contributed by atoms with Crippen molar-refractivity contribution in [1.29, 1.82) is 0 Å². The zero-order valence-corrected chi connectivity index (χ0v) is 13.0. The van der Waals surface area contributed by atoms with Gasteiger partial charge in [-0.15, -0.1) is 13.2 Å². The summed E-state index contributed by atoms with van der Waals surface area (Å²) in [6, 6.07) is 6.77. The molecule has 0 fully saturated rings. The summed E-state index contributed by atoms with van der Waals surface area (Å²) in [5, 5.41) is 0. The number of amides is 3. The first-order valence-electron chi connectivity index (χ1n) is 7.55. The number of hydrogen-bond donors (Lipinski definition) is 0. The van der Waals surface area contributed by atoms with E-state index < -0.39 is 0 Å². The van der Waals surface area contributed by atoms with Crippen molar-refractivity contribution in [3.63, 3.8) is 0 Å². The lowest BCUT2D eigenvalue weighted by Gasteiger charge is -2.20. The lowest BCUT2D eigenvalue weighted by molar-refractivity contribution is -0.130. The highest BCUT2D eigenvalue weighted by Gasteiger charge is 2.34. The number of rotatable bonds is 8. The first-order valence-corrected chi connectivity index (χ1v) is 7.55. The predicted molar refractivity (Wildman–Crippen MR) is 88.0 cm³/mol. The molecule has 5 heteroatoms. The summed E-state index contributed by atoms with van der Waals surface area (Å²) >= 11 is 0. The van der Waals surface area contributed by atoms with Crippen LogP contribution in [0.5, 0.6) is 0 Å².